The van der Waals surface area contributed by atoms with Gasteiger partial charge in [0.2, 0.25) is 0 Å². The molecule has 1 N–H and O–H groups in total. The number of rotatable bonds is 3. The zero-order chi connectivity index (χ0) is 23.7. The molecular weight excluding hydrogens is 447 g/mol. The minimum atomic E-state index is -0.0375. The Bertz CT molecular complexity index is 1800. The topological polar surface area (TPSA) is 29.5 Å². The predicted molar refractivity (Wildman–Crippen MR) is 148 cm³/mol. The first-order chi connectivity index (χ1) is 17.1. The maximum Gasteiger partial charge on any atom is 0.569 e. The number of hydrogen-bond acceptors (Lipinski definition) is 3. The van der Waals surface area contributed by atoms with Gasteiger partial charge < -0.3 is 9.68 Å². The number of hydrogen-bond donors (Lipinski definition) is 1. The minimum Gasteiger partial charge on any atom is -0.536 e. The van der Waals surface area contributed by atoms with E-state index < -0.39 is 0 Å². The highest BCUT2D eigenvalue weighted by atomic mass is 32.1. The maximum atomic E-state index is 9.43. The van der Waals surface area contributed by atoms with Gasteiger partial charge in [-0.25, -0.2) is 0 Å². The second-order valence-corrected chi connectivity index (χ2v) is 10.8. The van der Waals surface area contributed by atoms with Crippen LogP contribution in [-0.4, -0.2) is 12.7 Å². The van der Waals surface area contributed by atoms with Crippen molar-refractivity contribution in [1.29, 1.82) is 0 Å². The molecule has 5 aromatic carbocycles. The number of fused-ring (bicyclic) bond motifs is 8. The lowest BCUT2D eigenvalue weighted by molar-refractivity contribution is 0.457. The van der Waals surface area contributed by atoms with E-state index in [-0.39, 0.29) is 5.41 Å². The molecule has 0 saturated heterocycles. The van der Waals surface area contributed by atoms with Crippen molar-refractivity contribution in [1.82, 2.24) is 0 Å². The van der Waals surface area contributed by atoms with Crippen molar-refractivity contribution in [3.8, 4) is 28.0 Å². The van der Waals surface area contributed by atoms with Crippen LogP contribution in [0.2, 0.25) is 0 Å². The van der Waals surface area contributed by atoms with Gasteiger partial charge in [-0.2, -0.15) is 0 Å². The van der Waals surface area contributed by atoms with E-state index in [9.17, 15) is 5.02 Å². The van der Waals surface area contributed by atoms with Crippen molar-refractivity contribution in [3.63, 3.8) is 0 Å². The van der Waals surface area contributed by atoms with Crippen molar-refractivity contribution in [2.24, 2.45) is 0 Å². The van der Waals surface area contributed by atoms with Crippen molar-refractivity contribution < 1.29 is 9.68 Å². The third-order valence-electron chi connectivity index (χ3n) is 7.53. The van der Waals surface area contributed by atoms with Gasteiger partial charge in [0.05, 0.1) is 4.70 Å². The Morgan fingerprint density at radius 2 is 1.46 bits per heavy atom. The fourth-order valence-electron chi connectivity index (χ4n) is 5.86. The van der Waals surface area contributed by atoms with Crippen LogP contribution in [0.3, 0.4) is 0 Å². The van der Waals surface area contributed by atoms with E-state index in [0.29, 0.717) is 5.75 Å². The van der Waals surface area contributed by atoms with E-state index in [1.54, 1.807) is 11.3 Å². The van der Waals surface area contributed by atoms with Gasteiger partial charge in [0.1, 0.15) is 5.75 Å². The summed E-state index contributed by atoms with van der Waals surface area (Å²) < 4.78 is 7.84. The summed E-state index contributed by atoms with van der Waals surface area (Å²) >= 11 is 1.73. The van der Waals surface area contributed by atoms with E-state index in [4.69, 9.17) is 4.65 Å². The van der Waals surface area contributed by atoms with E-state index in [1.807, 2.05) is 12.1 Å². The largest absolute Gasteiger partial charge is 0.569 e. The molecule has 0 bridgehead atoms. The summed E-state index contributed by atoms with van der Waals surface area (Å²) in [5, 5.41) is 14.1. The second-order valence-electron chi connectivity index (χ2n) is 9.74. The van der Waals surface area contributed by atoms with Gasteiger partial charge in [-0.3, -0.25) is 0 Å². The molecule has 4 heteroatoms. The van der Waals surface area contributed by atoms with Gasteiger partial charge in [-0.15, -0.1) is 11.3 Å². The smallest absolute Gasteiger partial charge is 0.536 e. The van der Waals surface area contributed by atoms with Gasteiger partial charge >= 0.3 is 7.69 Å². The first kappa shape index (κ1) is 20.8. The van der Waals surface area contributed by atoms with Gasteiger partial charge in [0.25, 0.3) is 0 Å². The maximum absolute atomic E-state index is 9.43. The number of benzene rings is 5. The summed E-state index contributed by atoms with van der Waals surface area (Å²) in [6.45, 7) is 4.64. The molecule has 2 nitrogen and oxygen atoms in total. The molecule has 0 aliphatic heterocycles. The van der Waals surface area contributed by atoms with E-state index in [1.165, 1.54) is 54.2 Å². The van der Waals surface area contributed by atoms with Crippen molar-refractivity contribution in [2.75, 3.05) is 0 Å². The third kappa shape index (κ3) is 2.87. The van der Waals surface area contributed by atoms with Crippen molar-refractivity contribution in [2.45, 2.75) is 19.3 Å². The standard InChI is InChI=1S/C31H22BO2S/c1-31(2)25-13-6-5-10-22(25)23-15-14-19(16-26(23)31)21-11-7-12-24-28-20-9-4-3-8-18(20)17-27(34-32-33)30(28)35-29(21)24/h3-17,33H,1-2H3. The monoisotopic (exact) mass is 469 g/mol. The SMILES string of the molecule is CC1(C)c2ccccc2-c2ccc(-c3cccc4c3sc3c(O[B]O)cc5ccccc5c34)cc21. The zero-order valence-electron chi connectivity index (χ0n) is 19.5. The first-order valence-electron chi connectivity index (χ1n) is 11.8. The van der Waals surface area contributed by atoms with Crippen LogP contribution in [0.25, 0.3) is 53.2 Å². The van der Waals surface area contributed by atoms with Crippen LogP contribution in [0.5, 0.6) is 5.75 Å². The van der Waals surface area contributed by atoms with Gasteiger partial charge in [-0.05, 0) is 56.3 Å². The Kier molecular flexibility index (Phi) is 4.42. The Hall–Kier alpha value is -3.60. The van der Waals surface area contributed by atoms with Crippen LogP contribution in [0.4, 0.5) is 0 Å². The second kappa shape index (κ2) is 7.45. The summed E-state index contributed by atoms with van der Waals surface area (Å²) in [6.07, 6.45) is 0. The molecule has 1 radical (unpaired) electrons. The predicted octanol–water partition coefficient (Wildman–Crippen LogP) is 8.09. The van der Waals surface area contributed by atoms with Crippen LogP contribution in [0, 0.1) is 0 Å². The Morgan fingerprint density at radius 1 is 0.714 bits per heavy atom. The molecule has 35 heavy (non-hydrogen) atoms. The molecule has 0 spiro atoms. The van der Waals surface area contributed by atoms with Crippen LogP contribution in [0.1, 0.15) is 25.0 Å². The normalized spacial score (nSPS) is 13.8. The van der Waals surface area contributed by atoms with Crippen LogP contribution < -0.4 is 4.65 Å². The summed E-state index contributed by atoms with van der Waals surface area (Å²) in [4.78, 5) is 0. The fraction of sp³-hybridized carbons (Fsp3) is 0.0968. The van der Waals surface area contributed by atoms with E-state index in [0.717, 1.165) is 17.8 Å². The molecule has 1 heterocycles. The average molecular weight is 469 g/mol. The summed E-state index contributed by atoms with van der Waals surface area (Å²) in [6, 6.07) is 32.6. The van der Waals surface area contributed by atoms with Gasteiger partial charge in [0.15, 0.2) is 0 Å². The van der Waals surface area contributed by atoms with Crippen LogP contribution >= 0.6 is 11.3 Å². The molecule has 0 unspecified atom stereocenters. The average Bonchev–Trinajstić information content (AvgIpc) is 3.38. The molecule has 0 amide bonds. The van der Waals surface area contributed by atoms with Gasteiger partial charge in [0, 0.05) is 20.9 Å². The van der Waals surface area contributed by atoms with Gasteiger partial charge in [-0.1, -0.05) is 92.7 Å². The fourth-order valence-corrected chi connectivity index (χ4v) is 7.17. The summed E-state index contributed by atoms with van der Waals surface area (Å²) in [5.74, 6) is 0.680. The molecule has 0 fully saturated rings. The molecule has 1 aliphatic carbocycles. The third-order valence-corrected chi connectivity index (χ3v) is 8.78. The molecular formula is C31H22BO2S. The molecule has 0 atom stereocenters. The molecule has 6 aromatic rings. The Morgan fingerprint density at radius 3 is 2.34 bits per heavy atom. The van der Waals surface area contributed by atoms with E-state index >= 15 is 0 Å². The Balaban J connectivity index is 1.51. The lowest BCUT2D eigenvalue weighted by atomic mass is 9.81. The summed E-state index contributed by atoms with van der Waals surface area (Å²) in [7, 11) is 0.773. The Labute approximate surface area is 208 Å². The molecule has 167 valence electrons. The minimum absolute atomic E-state index is 0.0375. The summed E-state index contributed by atoms with van der Waals surface area (Å²) in [5.41, 5.74) is 7.85. The van der Waals surface area contributed by atoms with Crippen LogP contribution in [0.15, 0.2) is 91.0 Å². The molecule has 7 rings (SSSR count). The highest BCUT2D eigenvalue weighted by Crippen LogP contribution is 2.51. The zero-order valence-corrected chi connectivity index (χ0v) is 20.3. The highest BCUT2D eigenvalue weighted by molar-refractivity contribution is 7.27. The van der Waals surface area contributed by atoms with Crippen LogP contribution in [-0.2, 0) is 5.41 Å². The quantitative estimate of drug-likeness (QED) is 0.266. The molecule has 1 aromatic heterocycles. The highest BCUT2D eigenvalue weighted by Gasteiger charge is 2.35. The molecule has 0 saturated carbocycles. The van der Waals surface area contributed by atoms with Crippen molar-refractivity contribution in [3.05, 3.63) is 102 Å². The first-order valence-corrected chi connectivity index (χ1v) is 12.6. The van der Waals surface area contributed by atoms with Crippen molar-refractivity contribution >= 4 is 50.0 Å². The van der Waals surface area contributed by atoms with E-state index in [2.05, 4.69) is 92.7 Å². The lowest BCUT2D eigenvalue weighted by Gasteiger charge is -2.22. The number of thiophene rings is 1. The lowest BCUT2D eigenvalue weighted by Crippen LogP contribution is -2.14. The molecule has 1 aliphatic rings.